The van der Waals surface area contributed by atoms with E-state index in [2.05, 4.69) is 45.1 Å². The normalized spacial score (nSPS) is 13.1. The minimum Gasteiger partial charge on any atom is -0.505 e. The number of hydrogen-bond donors (Lipinski definition) is 6. The Morgan fingerprint density at radius 1 is 0.413 bits per heavy atom. The van der Waals surface area contributed by atoms with Crippen molar-refractivity contribution in [2.75, 3.05) is 32.8 Å². The first-order valence-corrected chi connectivity index (χ1v) is 34.0. The van der Waals surface area contributed by atoms with Crippen molar-refractivity contribution in [1.29, 1.82) is 0 Å². The number of aryl methyl sites for hydroxylation is 1. The van der Waals surface area contributed by atoms with E-state index in [9.17, 15) is 61.4 Å². The molecule has 0 bridgehead atoms. The molecule has 10 aromatic carbocycles. The summed E-state index contributed by atoms with van der Waals surface area (Å²) in [5.74, 6) is -3.58. The molecule has 0 aromatic heterocycles. The Labute approximate surface area is 525 Å². The van der Waals surface area contributed by atoms with Gasteiger partial charge in [0.15, 0.2) is 11.5 Å². The van der Waals surface area contributed by atoms with E-state index in [0.717, 1.165) is 49.8 Å². The van der Waals surface area contributed by atoms with Crippen molar-refractivity contribution < 1.29 is 74.0 Å². The highest BCUT2D eigenvalue weighted by Crippen LogP contribution is 2.49. The van der Waals surface area contributed by atoms with Crippen molar-refractivity contribution in [1.82, 2.24) is 0 Å². The molecule has 0 atom stereocenters. The summed E-state index contributed by atoms with van der Waals surface area (Å²) in [6.07, 6.45) is 2.53. The summed E-state index contributed by atoms with van der Waals surface area (Å²) in [6, 6.07) is 35.8. The first kappa shape index (κ1) is 65.1. The fraction of sp³-hybridized carbons (Fsp3) is 0.100. The predicted octanol–water partition coefficient (Wildman–Crippen LogP) is 13.8. The number of hydrogen-bond acceptors (Lipinski definition) is 25. The molecule has 0 fully saturated rings. The zero-order chi connectivity index (χ0) is 66.2. The lowest BCUT2D eigenvalue weighted by Gasteiger charge is -2.13. The number of phenols is 2. The Hall–Kier alpha value is -9.87. The SMILES string of the molecule is COS(=O)(=O)c1ccc2ccc(N=Nc3ccc(N)c4c(O)c(N=Nc5ccc(/C=C/c6ccc(N=Nc7c(CS(=O)(=O)O)cc8c(N=Nc9ccc%10ccc(C)cc%10c9)ccc(N)c8c7O)cc6CS(=O)(=O)O)c(S(=O)(=O)OC)c5)c(S(=O)(=O)OC)cc34)cc2c1. The number of fused-ring (bicyclic) bond motifs is 4. The summed E-state index contributed by atoms with van der Waals surface area (Å²) in [4.78, 5) is -1.38. The van der Waals surface area contributed by atoms with Crippen LogP contribution in [0.25, 0.3) is 55.2 Å². The van der Waals surface area contributed by atoms with Crippen LogP contribution in [0, 0.1) is 6.92 Å². The van der Waals surface area contributed by atoms with E-state index in [0.29, 0.717) is 16.5 Å². The average molecular weight is 1340 g/mol. The van der Waals surface area contributed by atoms with E-state index in [1.165, 1.54) is 84.9 Å². The van der Waals surface area contributed by atoms with Gasteiger partial charge in [-0.15, -0.1) is 20.5 Å². The summed E-state index contributed by atoms with van der Waals surface area (Å²) >= 11 is 0. The second-order valence-electron chi connectivity index (χ2n) is 20.3. The molecule has 8 N–H and O–H groups in total. The number of anilines is 2. The van der Waals surface area contributed by atoms with Crippen LogP contribution < -0.4 is 11.5 Å². The van der Waals surface area contributed by atoms with Crippen LogP contribution in [0.5, 0.6) is 11.5 Å². The first-order valence-electron chi connectivity index (χ1n) is 26.6. The zero-order valence-corrected chi connectivity index (χ0v) is 52.4. The lowest BCUT2D eigenvalue weighted by atomic mass is 10.0. The topological polar surface area (TPSA) is 430 Å². The van der Waals surface area contributed by atoms with Gasteiger partial charge in [0.1, 0.15) is 32.7 Å². The maximum absolute atomic E-state index is 13.5. The number of nitrogen functional groups attached to an aromatic ring is 2. The van der Waals surface area contributed by atoms with E-state index < -0.39 is 94.8 Å². The van der Waals surface area contributed by atoms with Crippen LogP contribution in [0.3, 0.4) is 0 Å². The molecule has 0 heterocycles. The van der Waals surface area contributed by atoms with Crippen molar-refractivity contribution in [3.63, 3.8) is 0 Å². The quantitative estimate of drug-likeness (QED) is 0.0136. The van der Waals surface area contributed by atoms with Gasteiger partial charge >= 0.3 is 0 Å². The maximum Gasteiger partial charge on any atom is 0.299 e. The Bertz CT molecular complexity index is 5500. The lowest BCUT2D eigenvalue weighted by Crippen LogP contribution is -2.05. The van der Waals surface area contributed by atoms with Gasteiger partial charge < -0.3 is 21.7 Å². The van der Waals surface area contributed by atoms with E-state index in [1.54, 1.807) is 30.3 Å². The fourth-order valence-electron chi connectivity index (χ4n) is 9.72. The third kappa shape index (κ3) is 14.2. The minimum absolute atomic E-state index is 0.00311. The molecule has 0 saturated carbocycles. The van der Waals surface area contributed by atoms with E-state index in [4.69, 9.17) is 19.8 Å². The molecule has 0 radical (unpaired) electrons. The Morgan fingerprint density at radius 3 is 1.43 bits per heavy atom. The number of aromatic hydroxyl groups is 2. The van der Waals surface area contributed by atoms with Gasteiger partial charge in [-0.25, -0.2) is 0 Å². The molecule has 92 heavy (non-hydrogen) atoms. The molecule has 0 unspecified atom stereocenters. The summed E-state index contributed by atoms with van der Waals surface area (Å²) in [6.45, 7) is 1.95. The molecule has 10 aromatic rings. The second kappa shape index (κ2) is 25.4. The highest BCUT2D eigenvalue weighted by Gasteiger charge is 2.28. The average Bonchev–Trinajstić information content (AvgIpc) is 0.765. The molecule has 0 aliphatic heterocycles. The number of nitrogens with two attached hydrogens (primary N) is 2. The molecule has 0 aliphatic carbocycles. The van der Waals surface area contributed by atoms with Crippen molar-refractivity contribution in [3.05, 3.63) is 173 Å². The summed E-state index contributed by atoms with van der Waals surface area (Å²) in [7, 11) is -20.3. The molecular weight excluding hydrogens is 1290 g/mol. The maximum atomic E-state index is 13.5. The third-order valence-electron chi connectivity index (χ3n) is 14.1. The highest BCUT2D eigenvalue weighted by molar-refractivity contribution is 7.87. The van der Waals surface area contributed by atoms with E-state index >= 15 is 0 Å². The van der Waals surface area contributed by atoms with Crippen LogP contribution in [0.4, 0.5) is 56.9 Å². The molecule has 10 rings (SSSR count). The molecule has 0 aliphatic rings. The summed E-state index contributed by atoms with van der Waals surface area (Å²) in [5.41, 5.74) is 12.7. The minimum atomic E-state index is -4.81. The van der Waals surface area contributed by atoms with Crippen LogP contribution in [-0.4, -0.2) is 82.7 Å². The van der Waals surface area contributed by atoms with Gasteiger partial charge in [0, 0.05) is 27.7 Å². The van der Waals surface area contributed by atoms with Gasteiger partial charge in [-0.1, -0.05) is 66.2 Å². The fourth-order valence-corrected chi connectivity index (χ4v) is 13.4. The molecule has 27 nitrogen and oxygen atoms in total. The van der Waals surface area contributed by atoms with Gasteiger partial charge in [0.25, 0.3) is 50.6 Å². The lowest BCUT2D eigenvalue weighted by molar-refractivity contribution is 0.396. The van der Waals surface area contributed by atoms with Gasteiger partial charge in [0.05, 0.1) is 71.1 Å². The van der Waals surface area contributed by atoms with Crippen molar-refractivity contribution >= 4 is 163 Å². The Kier molecular flexibility index (Phi) is 18.0. The monoisotopic (exact) mass is 1340 g/mol. The van der Waals surface area contributed by atoms with Crippen molar-refractivity contribution in [2.45, 2.75) is 33.1 Å². The van der Waals surface area contributed by atoms with Gasteiger partial charge in [-0.3, -0.25) is 21.7 Å². The van der Waals surface area contributed by atoms with Crippen LogP contribution >= 0.6 is 0 Å². The molecule has 0 amide bonds. The van der Waals surface area contributed by atoms with E-state index in [-0.39, 0.29) is 88.5 Å². The van der Waals surface area contributed by atoms with E-state index in [1.807, 2.05) is 37.3 Å². The number of azo groups is 4. The van der Waals surface area contributed by atoms with Crippen LogP contribution in [0.15, 0.2) is 201 Å². The number of rotatable bonds is 20. The predicted molar refractivity (Wildman–Crippen MR) is 344 cm³/mol. The molecule has 32 heteroatoms. The van der Waals surface area contributed by atoms with Crippen LogP contribution in [-0.2, 0) is 74.6 Å². The van der Waals surface area contributed by atoms with Crippen LogP contribution in [0.2, 0.25) is 0 Å². The van der Waals surface area contributed by atoms with Gasteiger partial charge in [0.2, 0.25) is 0 Å². The molecule has 0 saturated heterocycles. The Morgan fingerprint density at radius 2 is 0.859 bits per heavy atom. The number of nitrogens with zero attached hydrogens (tertiary/aromatic N) is 8. The third-order valence-corrected chi connectivity index (χ3v) is 19.4. The van der Waals surface area contributed by atoms with Gasteiger partial charge in [-0.05, 0) is 142 Å². The highest BCUT2D eigenvalue weighted by atomic mass is 32.2. The molecular formula is C60H50N10O17S5. The van der Waals surface area contributed by atoms with Gasteiger partial charge in [-0.2, -0.15) is 62.5 Å². The largest absolute Gasteiger partial charge is 0.505 e. The number of phenolic OH excluding ortho intramolecular Hbond substituents is 2. The summed E-state index contributed by atoms with van der Waals surface area (Å²) < 4.78 is 163. The van der Waals surface area contributed by atoms with Crippen LogP contribution in [0.1, 0.15) is 27.8 Å². The first-order chi connectivity index (χ1) is 43.4. The Balaban J connectivity index is 0.973. The standard InChI is InChI=1S/C60H50N10O17S5/c1-33-5-6-34-9-14-42(24-38(34)23-33)63-67-51-21-19-49(61)55-47(51)28-41(32-89(76,77)78)57(59(55)71)69-65-44-16-11-36(40(26-44)31-88(73,74)75)7-8-37-12-17-45(29-53(37)91(81,82)86-3)66-70-58-54(92(83,84)87-4)30-48-52(22-20-50(62)56(48)60(58)72)68-64-43-15-10-35-13-18-46(27-39(35)25-43)90(79,80)85-2/h5-30,71-72H,31-32,61-62H2,1-4H3,(H,73,74,75)(H,76,77,78)/b8-7+,67-63?,68-64?,69-65?,70-66?. The smallest absolute Gasteiger partial charge is 0.299 e. The summed E-state index contributed by atoms with van der Waals surface area (Å²) in [5, 5.41) is 60.1. The molecule has 0 spiro atoms. The number of benzene rings is 10. The second-order valence-corrected chi connectivity index (χ2v) is 28.3. The van der Waals surface area contributed by atoms with Crippen molar-refractivity contribution in [2.24, 2.45) is 40.9 Å². The zero-order valence-electron chi connectivity index (χ0n) is 48.3. The molecule has 472 valence electrons. The van der Waals surface area contributed by atoms with Crippen molar-refractivity contribution in [3.8, 4) is 11.5 Å².